The number of hydrogen-bond acceptors (Lipinski definition) is 9. The first-order valence-electron chi connectivity index (χ1n) is 11.8. The van der Waals surface area contributed by atoms with Gasteiger partial charge in [-0.25, -0.2) is 9.13 Å². The highest BCUT2D eigenvalue weighted by Crippen LogP contribution is 2.32. The zero-order chi connectivity index (χ0) is 27.4. The van der Waals surface area contributed by atoms with Crippen LogP contribution in [0, 0.1) is 20.8 Å². The molecule has 0 radical (unpaired) electrons. The number of rotatable bonds is 7. The Labute approximate surface area is 215 Å². The molecular formula is C26H33N2O9+. The molecule has 0 spiro atoms. The van der Waals surface area contributed by atoms with E-state index in [9.17, 15) is 19.2 Å². The van der Waals surface area contributed by atoms with Crippen LogP contribution in [0.1, 0.15) is 50.6 Å². The second-order valence-electron chi connectivity index (χ2n) is 9.11. The molecule has 1 aromatic carbocycles. The first kappa shape index (κ1) is 27.9. The fourth-order valence-electron chi connectivity index (χ4n) is 4.68. The van der Waals surface area contributed by atoms with Crippen LogP contribution in [0.2, 0.25) is 0 Å². The van der Waals surface area contributed by atoms with Gasteiger partial charge in [0, 0.05) is 27.7 Å². The highest BCUT2D eigenvalue weighted by atomic mass is 16.7. The smallest absolute Gasteiger partial charge is 0.303 e. The maximum atomic E-state index is 12.1. The number of benzene rings is 1. The molecule has 3 rings (SSSR count). The summed E-state index contributed by atoms with van der Waals surface area (Å²) in [5.74, 6) is -2.58. The SMILES string of the molecule is CC(=O)OC[C@H]1OC([n+]2ccn(-c3c(C)cc(C)cc3C)c2)[C@H](OC(C)=O)[C@@H](OC(C)=O)[C@@H]1OC(C)=O. The van der Waals surface area contributed by atoms with Crippen LogP contribution in [0.25, 0.3) is 5.69 Å². The van der Waals surface area contributed by atoms with Crippen molar-refractivity contribution in [3.63, 3.8) is 0 Å². The van der Waals surface area contributed by atoms with Gasteiger partial charge in [-0.2, -0.15) is 0 Å². The average Bonchev–Trinajstić information content (AvgIpc) is 3.22. The van der Waals surface area contributed by atoms with E-state index in [2.05, 4.69) is 12.1 Å². The van der Waals surface area contributed by atoms with Crippen molar-refractivity contribution in [1.82, 2.24) is 4.57 Å². The maximum absolute atomic E-state index is 12.1. The fourth-order valence-corrected chi connectivity index (χ4v) is 4.68. The van der Waals surface area contributed by atoms with E-state index in [0.717, 1.165) is 22.4 Å². The topological polar surface area (TPSA) is 123 Å². The van der Waals surface area contributed by atoms with E-state index in [1.165, 1.54) is 27.7 Å². The van der Waals surface area contributed by atoms with E-state index in [-0.39, 0.29) is 6.61 Å². The Bertz CT molecular complexity index is 1170. The Balaban J connectivity index is 2.09. The summed E-state index contributed by atoms with van der Waals surface area (Å²) in [4.78, 5) is 47.6. The van der Waals surface area contributed by atoms with E-state index in [0.29, 0.717) is 0 Å². The molecule has 0 aliphatic carbocycles. The molecule has 0 amide bonds. The van der Waals surface area contributed by atoms with E-state index < -0.39 is 54.5 Å². The predicted octanol–water partition coefficient (Wildman–Crippen LogP) is 1.95. The average molecular weight is 518 g/mol. The Morgan fingerprint density at radius 3 is 1.92 bits per heavy atom. The van der Waals surface area contributed by atoms with Crippen LogP contribution in [0.15, 0.2) is 30.9 Å². The lowest BCUT2D eigenvalue weighted by Crippen LogP contribution is -2.65. The normalized spacial score (nSPS) is 23.2. The number of imidazole rings is 1. The zero-order valence-electron chi connectivity index (χ0n) is 22.0. The molecule has 0 saturated carbocycles. The highest BCUT2D eigenvalue weighted by Gasteiger charge is 2.54. The van der Waals surface area contributed by atoms with E-state index >= 15 is 0 Å². The van der Waals surface area contributed by atoms with Crippen LogP contribution in [-0.2, 0) is 42.9 Å². The minimum atomic E-state index is -1.23. The van der Waals surface area contributed by atoms with Gasteiger partial charge in [-0.3, -0.25) is 19.2 Å². The number of esters is 4. The monoisotopic (exact) mass is 517 g/mol. The van der Waals surface area contributed by atoms with Crippen molar-refractivity contribution in [2.75, 3.05) is 6.61 Å². The minimum absolute atomic E-state index is 0.286. The molecule has 1 aromatic heterocycles. The highest BCUT2D eigenvalue weighted by molar-refractivity contribution is 5.68. The van der Waals surface area contributed by atoms with Gasteiger partial charge in [-0.1, -0.05) is 17.7 Å². The maximum Gasteiger partial charge on any atom is 0.303 e. The van der Waals surface area contributed by atoms with Crippen molar-refractivity contribution in [3.05, 3.63) is 47.5 Å². The number of aryl methyl sites for hydroxylation is 3. The lowest BCUT2D eigenvalue weighted by molar-refractivity contribution is -0.777. The van der Waals surface area contributed by atoms with Crippen LogP contribution >= 0.6 is 0 Å². The molecule has 1 aliphatic rings. The number of aromatic nitrogens is 2. The summed E-state index contributed by atoms with van der Waals surface area (Å²) in [5.41, 5.74) is 4.22. The molecule has 11 heteroatoms. The van der Waals surface area contributed by atoms with Crippen molar-refractivity contribution in [2.45, 2.75) is 79.1 Å². The molecule has 5 atom stereocenters. The van der Waals surface area contributed by atoms with Crippen LogP contribution < -0.4 is 4.57 Å². The van der Waals surface area contributed by atoms with Crippen molar-refractivity contribution in [3.8, 4) is 5.69 Å². The predicted molar refractivity (Wildman–Crippen MR) is 127 cm³/mol. The molecule has 2 heterocycles. The van der Waals surface area contributed by atoms with Crippen LogP contribution in [0.4, 0.5) is 0 Å². The van der Waals surface area contributed by atoms with Crippen molar-refractivity contribution >= 4 is 23.9 Å². The minimum Gasteiger partial charge on any atom is -0.463 e. The molecule has 0 N–H and O–H groups in total. The van der Waals surface area contributed by atoms with E-state index in [4.69, 9.17) is 23.7 Å². The molecule has 1 aliphatic heterocycles. The lowest BCUT2D eigenvalue weighted by atomic mass is 9.97. The fraction of sp³-hybridized carbons (Fsp3) is 0.500. The van der Waals surface area contributed by atoms with E-state index in [1.807, 2.05) is 31.5 Å². The van der Waals surface area contributed by atoms with Crippen molar-refractivity contribution < 1.29 is 47.4 Å². The Morgan fingerprint density at radius 2 is 1.38 bits per heavy atom. The van der Waals surface area contributed by atoms with Gasteiger partial charge < -0.3 is 23.7 Å². The molecule has 1 saturated heterocycles. The first-order chi connectivity index (χ1) is 17.4. The quantitative estimate of drug-likeness (QED) is 0.308. The molecule has 0 bridgehead atoms. The summed E-state index contributed by atoms with van der Waals surface area (Å²) in [5, 5.41) is 0. The first-order valence-corrected chi connectivity index (χ1v) is 11.8. The number of carbonyl (C=O) groups is 4. The van der Waals surface area contributed by atoms with Gasteiger partial charge >= 0.3 is 23.9 Å². The summed E-state index contributed by atoms with van der Waals surface area (Å²) < 4.78 is 31.4. The molecule has 11 nitrogen and oxygen atoms in total. The van der Waals surface area contributed by atoms with Gasteiger partial charge in [0.15, 0.2) is 12.2 Å². The Kier molecular flexibility index (Phi) is 8.69. The standard InChI is InChI=1S/C26H33N2O9/c1-14-10-15(2)22(16(3)11-14)27-8-9-28(13-27)26-25(36-20(7)32)24(35-19(6)31)23(34-18(5)30)21(37-26)12-33-17(4)29/h8-11,13,21,23-26H,12H2,1-7H3/q+1/t21-,23-,24+,25-,26?/m1/s1. The summed E-state index contributed by atoms with van der Waals surface area (Å²) in [6, 6.07) is 4.14. The number of ether oxygens (including phenoxy) is 5. The molecule has 1 unspecified atom stereocenters. The van der Waals surface area contributed by atoms with Crippen LogP contribution in [0.3, 0.4) is 0 Å². The molecular weight excluding hydrogens is 484 g/mol. The van der Waals surface area contributed by atoms with Gasteiger partial charge in [0.25, 0.3) is 6.33 Å². The van der Waals surface area contributed by atoms with Gasteiger partial charge in [0.05, 0.1) is 0 Å². The third-order valence-electron chi connectivity index (χ3n) is 5.81. The third kappa shape index (κ3) is 6.73. The Hall–Kier alpha value is -3.73. The summed E-state index contributed by atoms with van der Waals surface area (Å²) in [6.07, 6.45) is -0.348. The second-order valence-corrected chi connectivity index (χ2v) is 9.11. The third-order valence-corrected chi connectivity index (χ3v) is 5.81. The van der Waals surface area contributed by atoms with Gasteiger partial charge in [-0.05, 0) is 31.9 Å². The summed E-state index contributed by atoms with van der Waals surface area (Å²) in [6.45, 7) is 10.6. The molecule has 2 aromatic rings. The van der Waals surface area contributed by atoms with Gasteiger partial charge in [0.1, 0.15) is 30.8 Å². The van der Waals surface area contributed by atoms with Crippen molar-refractivity contribution in [2.24, 2.45) is 0 Å². The zero-order valence-corrected chi connectivity index (χ0v) is 22.0. The summed E-state index contributed by atoms with van der Waals surface area (Å²) in [7, 11) is 0. The summed E-state index contributed by atoms with van der Waals surface area (Å²) >= 11 is 0. The number of carbonyl (C=O) groups excluding carboxylic acids is 4. The molecule has 37 heavy (non-hydrogen) atoms. The van der Waals surface area contributed by atoms with Crippen LogP contribution in [0.5, 0.6) is 0 Å². The molecule has 1 fully saturated rings. The number of nitrogens with zero attached hydrogens (tertiary/aromatic N) is 2. The van der Waals surface area contributed by atoms with Gasteiger partial charge in [-0.15, -0.1) is 0 Å². The second kappa shape index (κ2) is 11.5. The van der Waals surface area contributed by atoms with Crippen LogP contribution in [-0.4, -0.2) is 59.5 Å². The van der Waals surface area contributed by atoms with E-state index in [1.54, 1.807) is 17.1 Å². The Morgan fingerprint density at radius 1 is 0.838 bits per heavy atom. The van der Waals surface area contributed by atoms with Crippen molar-refractivity contribution in [1.29, 1.82) is 0 Å². The largest absolute Gasteiger partial charge is 0.463 e. The van der Waals surface area contributed by atoms with Gasteiger partial charge in [0.2, 0.25) is 12.3 Å². The number of hydrogen-bond donors (Lipinski definition) is 0. The molecule has 200 valence electrons. The lowest BCUT2D eigenvalue weighted by Gasteiger charge is -2.42.